The van der Waals surface area contributed by atoms with Gasteiger partial charge >= 0.3 is 0 Å². The van der Waals surface area contributed by atoms with E-state index < -0.39 is 10.0 Å². The van der Waals surface area contributed by atoms with Crippen molar-refractivity contribution < 1.29 is 17.9 Å². The van der Waals surface area contributed by atoms with Gasteiger partial charge in [0.05, 0.1) is 4.90 Å². The Bertz CT molecular complexity index is 981. The van der Waals surface area contributed by atoms with Gasteiger partial charge in [0, 0.05) is 18.8 Å². The van der Waals surface area contributed by atoms with Crippen LogP contribution in [0.2, 0.25) is 0 Å². The first-order valence-corrected chi connectivity index (χ1v) is 12.4. The van der Waals surface area contributed by atoms with Crippen molar-refractivity contribution in [3.63, 3.8) is 0 Å². The zero-order valence-corrected chi connectivity index (χ0v) is 19.3. The summed E-state index contributed by atoms with van der Waals surface area (Å²) in [5, 5.41) is 2.77. The third kappa shape index (κ3) is 5.86. The van der Waals surface area contributed by atoms with Crippen LogP contribution in [0, 0.1) is 5.92 Å². The number of benzene rings is 2. The second-order valence-electron chi connectivity index (χ2n) is 8.29. The van der Waals surface area contributed by atoms with E-state index in [1.807, 2.05) is 24.3 Å². The smallest absolute Gasteiger partial charge is 0.262 e. The fourth-order valence-corrected chi connectivity index (χ4v) is 5.13. The summed E-state index contributed by atoms with van der Waals surface area (Å²) >= 11 is 0. The van der Waals surface area contributed by atoms with Gasteiger partial charge in [0.1, 0.15) is 5.75 Å². The van der Waals surface area contributed by atoms with Crippen LogP contribution in [-0.2, 0) is 14.8 Å². The Balaban J connectivity index is 1.58. The van der Waals surface area contributed by atoms with E-state index in [2.05, 4.69) is 26.1 Å². The van der Waals surface area contributed by atoms with Gasteiger partial charge in [-0.25, -0.2) is 8.42 Å². The first-order valence-electron chi connectivity index (χ1n) is 10.9. The molecule has 31 heavy (non-hydrogen) atoms. The lowest BCUT2D eigenvalue weighted by Crippen LogP contribution is -2.37. The summed E-state index contributed by atoms with van der Waals surface area (Å²) in [7, 11) is -3.50. The summed E-state index contributed by atoms with van der Waals surface area (Å²) in [6, 6.07) is 14.1. The highest BCUT2D eigenvalue weighted by Gasteiger charge is 2.27. The number of anilines is 1. The minimum Gasteiger partial charge on any atom is -0.483 e. The van der Waals surface area contributed by atoms with Gasteiger partial charge in [-0.2, -0.15) is 4.31 Å². The van der Waals surface area contributed by atoms with Crippen LogP contribution >= 0.6 is 0 Å². The van der Waals surface area contributed by atoms with Crippen molar-refractivity contribution in [1.82, 2.24) is 4.31 Å². The number of piperidine rings is 1. The van der Waals surface area contributed by atoms with E-state index in [1.54, 1.807) is 28.6 Å². The number of rotatable bonds is 8. The monoisotopic (exact) mass is 444 g/mol. The molecule has 2 aromatic rings. The molecule has 1 N–H and O–H groups in total. The predicted octanol–water partition coefficient (Wildman–Crippen LogP) is 4.64. The molecular formula is C24H32N2O4S. The predicted molar refractivity (Wildman–Crippen MR) is 123 cm³/mol. The van der Waals surface area contributed by atoms with Crippen LogP contribution in [0.15, 0.2) is 53.4 Å². The molecule has 1 fully saturated rings. The van der Waals surface area contributed by atoms with Gasteiger partial charge in [-0.05, 0) is 67.0 Å². The normalized spacial score (nSPS) is 16.6. The first kappa shape index (κ1) is 23.3. The minimum absolute atomic E-state index is 0.112. The van der Waals surface area contributed by atoms with Crippen molar-refractivity contribution in [2.24, 2.45) is 5.92 Å². The van der Waals surface area contributed by atoms with E-state index in [1.165, 1.54) is 0 Å². The van der Waals surface area contributed by atoms with Crippen molar-refractivity contribution >= 4 is 21.6 Å². The lowest BCUT2D eigenvalue weighted by molar-refractivity contribution is -0.118. The van der Waals surface area contributed by atoms with Crippen LogP contribution in [0.25, 0.3) is 0 Å². The number of carbonyl (C=O) groups excluding carboxylic acids is 1. The molecule has 0 radical (unpaired) electrons. The molecule has 168 valence electrons. The molecule has 0 spiro atoms. The quantitative estimate of drug-likeness (QED) is 0.644. The summed E-state index contributed by atoms with van der Waals surface area (Å²) in [6.45, 7) is 7.38. The zero-order chi connectivity index (χ0) is 22.4. The molecule has 0 bridgehead atoms. The Morgan fingerprint density at radius 3 is 2.42 bits per heavy atom. The molecule has 1 aliphatic heterocycles. The molecule has 3 rings (SSSR count). The van der Waals surface area contributed by atoms with Crippen LogP contribution in [0.5, 0.6) is 5.75 Å². The highest BCUT2D eigenvalue weighted by Crippen LogP contribution is 2.28. The van der Waals surface area contributed by atoms with Gasteiger partial charge < -0.3 is 10.1 Å². The zero-order valence-electron chi connectivity index (χ0n) is 18.5. The molecule has 1 amide bonds. The van der Waals surface area contributed by atoms with Crippen LogP contribution in [-0.4, -0.2) is 38.3 Å². The third-order valence-corrected chi connectivity index (χ3v) is 7.85. The van der Waals surface area contributed by atoms with E-state index in [-0.39, 0.29) is 17.4 Å². The molecule has 0 aromatic heterocycles. The second-order valence-corrected chi connectivity index (χ2v) is 10.2. The van der Waals surface area contributed by atoms with Crippen molar-refractivity contribution in [3.05, 3.63) is 54.1 Å². The number of nitrogens with zero attached hydrogens (tertiary/aromatic N) is 1. The number of hydrogen-bond donors (Lipinski definition) is 1. The van der Waals surface area contributed by atoms with E-state index in [0.29, 0.717) is 36.4 Å². The maximum atomic E-state index is 12.8. The lowest BCUT2D eigenvalue weighted by atomic mass is 9.98. The molecule has 7 heteroatoms. The van der Waals surface area contributed by atoms with Gasteiger partial charge in [-0.15, -0.1) is 0 Å². The van der Waals surface area contributed by atoms with E-state index in [0.717, 1.165) is 24.8 Å². The summed E-state index contributed by atoms with van der Waals surface area (Å²) in [6.07, 6.45) is 2.75. The highest BCUT2D eigenvalue weighted by molar-refractivity contribution is 7.89. The molecule has 0 saturated carbocycles. The number of amides is 1. The molecule has 1 heterocycles. The molecule has 1 aliphatic rings. The summed E-state index contributed by atoms with van der Waals surface area (Å²) in [4.78, 5) is 12.6. The Hall–Kier alpha value is -2.38. The average Bonchev–Trinajstić information content (AvgIpc) is 2.78. The Labute approximate surface area is 185 Å². The van der Waals surface area contributed by atoms with E-state index in [9.17, 15) is 13.2 Å². The Kier molecular flexibility index (Phi) is 7.73. The molecular weight excluding hydrogens is 412 g/mol. The molecule has 0 unspecified atom stereocenters. The van der Waals surface area contributed by atoms with Gasteiger partial charge in [-0.1, -0.05) is 39.0 Å². The number of ether oxygens (including phenoxy) is 1. The minimum atomic E-state index is -3.50. The van der Waals surface area contributed by atoms with Crippen molar-refractivity contribution in [3.8, 4) is 5.75 Å². The van der Waals surface area contributed by atoms with Crippen molar-refractivity contribution in [2.75, 3.05) is 25.0 Å². The Morgan fingerprint density at radius 2 is 1.77 bits per heavy atom. The van der Waals surface area contributed by atoms with Gasteiger partial charge in [0.15, 0.2) is 6.61 Å². The number of sulfonamides is 1. The largest absolute Gasteiger partial charge is 0.483 e. The van der Waals surface area contributed by atoms with Crippen LogP contribution in [0.1, 0.15) is 51.5 Å². The molecule has 1 saturated heterocycles. The first-order chi connectivity index (χ1) is 14.8. The number of carbonyl (C=O) groups is 1. The fraction of sp³-hybridized carbons (Fsp3) is 0.458. The van der Waals surface area contributed by atoms with Crippen molar-refractivity contribution in [2.45, 2.75) is 50.8 Å². The summed E-state index contributed by atoms with van der Waals surface area (Å²) in [5.41, 5.74) is 1.62. The fourth-order valence-electron chi connectivity index (χ4n) is 3.66. The number of nitrogens with one attached hydrogen (secondary N) is 1. The average molecular weight is 445 g/mol. The van der Waals surface area contributed by atoms with Gasteiger partial charge in [0.25, 0.3) is 5.91 Å². The Morgan fingerprint density at radius 1 is 1.13 bits per heavy atom. The third-order valence-electron chi connectivity index (χ3n) is 5.94. The van der Waals surface area contributed by atoms with Crippen LogP contribution < -0.4 is 10.1 Å². The summed E-state index contributed by atoms with van der Waals surface area (Å²) in [5.74, 6) is 1.32. The van der Waals surface area contributed by atoms with Crippen molar-refractivity contribution in [1.29, 1.82) is 0 Å². The molecule has 6 nitrogen and oxygen atoms in total. The van der Waals surface area contributed by atoms with E-state index >= 15 is 0 Å². The maximum Gasteiger partial charge on any atom is 0.262 e. The van der Waals surface area contributed by atoms with Gasteiger partial charge in [-0.3, -0.25) is 4.79 Å². The van der Waals surface area contributed by atoms with Crippen LogP contribution in [0.4, 0.5) is 5.69 Å². The molecule has 0 aliphatic carbocycles. The number of hydrogen-bond acceptors (Lipinski definition) is 4. The van der Waals surface area contributed by atoms with E-state index in [4.69, 9.17) is 4.74 Å². The maximum absolute atomic E-state index is 12.8. The molecule has 1 atom stereocenters. The second kappa shape index (κ2) is 10.3. The van der Waals surface area contributed by atoms with Gasteiger partial charge in [0.2, 0.25) is 10.0 Å². The molecule has 2 aromatic carbocycles. The SMILES string of the molecule is CC[C@@H](C)c1ccccc1OCC(=O)Nc1ccc(S(=O)(=O)N2CCC(C)CC2)cc1. The highest BCUT2D eigenvalue weighted by atomic mass is 32.2. The standard InChI is InChI=1S/C24H32N2O4S/c1-4-19(3)22-7-5-6-8-23(22)30-17-24(27)25-20-9-11-21(12-10-20)31(28,29)26-15-13-18(2)14-16-26/h5-12,18-19H,4,13-17H2,1-3H3,(H,25,27)/t19-/m1/s1. The number of para-hydroxylation sites is 1. The lowest BCUT2D eigenvalue weighted by Gasteiger charge is -2.29. The summed E-state index contributed by atoms with van der Waals surface area (Å²) < 4.78 is 32.9. The topological polar surface area (TPSA) is 75.7 Å². The van der Waals surface area contributed by atoms with Crippen LogP contribution in [0.3, 0.4) is 0 Å².